The molecule has 0 aromatic heterocycles. The SMILES string of the molecule is CC1NNC(C)C1NC(=O)COc1ccc(Cl)cc1. The van der Waals surface area contributed by atoms with Crippen LogP contribution in [0.3, 0.4) is 0 Å². The molecular formula is C13H18ClN3O2. The van der Waals surface area contributed by atoms with E-state index in [0.29, 0.717) is 10.8 Å². The summed E-state index contributed by atoms with van der Waals surface area (Å²) in [4.78, 5) is 11.8. The summed E-state index contributed by atoms with van der Waals surface area (Å²) in [5.74, 6) is 0.493. The largest absolute Gasteiger partial charge is 0.484 e. The smallest absolute Gasteiger partial charge is 0.258 e. The maximum atomic E-state index is 11.8. The highest BCUT2D eigenvalue weighted by atomic mass is 35.5. The van der Waals surface area contributed by atoms with Crippen LogP contribution in [0.25, 0.3) is 0 Å². The molecule has 19 heavy (non-hydrogen) atoms. The molecule has 0 radical (unpaired) electrons. The van der Waals surface area contributed by atoms with E-state index >= 15 is 0 Å². The minimum absolute atomic E-state index is 0.00241. The first-order valence-corrected chi connectivity index (χ1v) is 6.63. The number of nitrogens with one attached hydrogen (secondary N) is 3. The fourth-order valence-electron chi connectivity index (χ4n) is 2.03. The molecule has 2 unspecified atom stereocenters. The van der Waals surface area contributed by atoms with Gasteiger partial charge in [0.1, 0.15) is 5.75 Å². The molecule has 1 aliphatic heterocycles. The molecule has 2 atom stereocenters. The van der Waals surface area contributed by atoms with Crippen LogP contribution < -0.4 is 20.9 Å². The lowest BCUT2D eigenvalue weighted by atomic mass is 10.1. The second kappa shape index (κ2) is 6.23. The second-order valence-corrected chi connectivity index (χ2v) is 5.14. The number of rotatable bonds is 4. The molecule has 6 heteroatoms. The Morgan fingerprint density at radius 1 is 1.26 bits per heavy atom. The summed E-state index contributed by atoms with van der Waals surface area (Å²) in [6, 6.07) is 7.36. The van der Waals surface area contributed by atoms with E-state index in [4.69, 9.17) is 16.3 Å². The van der Waals surface area contributed by atoms with Crippen molar-refractivity contribution in [1.82, 2.24) is 16.2 Å². The van der Waals surface area contributed by atoms with Gasteiger partial charge in [0, 0.05) is 17.1 Å². The summed E-state index contributed by atoms with van der Waals surface area (Å²) < 4.78 is 5.39. The van der Waals surface area contributed by atoms with Gasteiger partial charge in [-0.3, -0.25) is 15.6 Å². The van der Waals surface area contributed by atoms with Gasteiger partial charge in [-0.05, 0) is 38.1 Å². The van der Waals surface area contributed by atoms with Crippen LogP contribution in [0, 0.1) is 0 Å². The van der Waals surface area contributed by atoms with E-state index in [-0.39, 0.29) is 30.6 Å². The Morgan fingerprint density at radius 3 is 2.42 bits per heavy atom. The van der Waals surface area contributed by atoms with Gasteiger partial charge >= 0.3 is 0 Å². The summed E-state index contributed by atoms with van der Waals surface area (Å²) in [7, 11) is 0. The summed E-state index contributed by atoms with van der Waals surface area (Å²) in [6.45, 7) is 4.03. The lowest BCUT2D eigenvalue weighted by molar-refractivity contribution is -0.123. The molecule has 0 bridgehead atoms. The van der Waals surface area contributed by atoms with Crippen LogP contribution in [-0.2, 0) is 4.79 Å². The molecule has 2 rings (SSSR count). The molecule has 1 amide bonds. The zero-order valence-electron chi connectivity index (χ0n) is 10.9. The lowest BCUT2D eigenvalue weighted by Gasteiger charge is -2.19. The van der Waals surface area contributed by atoms with Crippen LogP contribution in [0.15, 0.2) is 24.3 Å². The van der Waals surface area contributed by atoms with E-state index in [0.717, 1.165) is 0 Å². The Morgan fingerprint density at radius 2 is 1.84 bits per heavy atom. The minimum atomic E-state index is -0.135. The molecular weight excluding hydrogens is 266 g/mol. The van der Waals surface area contributed by atoms with Gasteiger partial charge in [-0.2, -0.15) is 0 Å². The third-order valence-electron chi connectivity index (χ3n) is 3.13. The molecule has 1 fully saturated rings. The van der Waals surface area contributed by atoms with Crippen LogP contribution in [0.5, 0.6) is 5.75 Å². The van der Waals surface area contributed by atoms with Crippen LogP contribution in [0.4, 0.5) is 0 Å². The van der Waals surface area contributed by atoms with E-state index in [1.54, 1.807) is 24.3 Å². The van der Waals surface area contributed by atoms with Gasteiger partial charge in [0.05, 0.1) is 6.04 Å². The van der Waals surface area contributed by atoms with Crippen molar-refractivity contribution in [3.63, 3.8) is 0 Å². The third-order valence-corrected chi connectivity index (χ3v) is 3.38. The quantitative estimate of drug-likeness (QED) is 0.774. The van der Waals surface area contributed by atoms with Crippen molar-refractivity contribution in [2.75, 3.05) is 6.61 Å². The second-order valence-electron chi connectivity index (χ2n) is 4.70. The summed E-state index contributed by atoms with van der Waals surface area (Å²) in [5, 5.41) is 3.59. The van der Waals surface area contributed by atoms with Gasteiger partial charge in [0.2, 0.25) is 0 Å². The number of carbonyl (C=O) groups excluding carboxylic acids is 1. The highest BCUT2D eigenvalue weighted by molar-refractivity contribution is 6.30. The van der Waals surface area contributed by atoms with Crippen LogP contribution >= 0.6 is 11.6 Å². The average molecular weight is 284 g/mol. The number of halogens is 1. The predicted octanol–water partition coefficient (Wildman–Crippen LogP) is 1.09. The van der Waals surface area contributed by atoms with E-state index in [1.165, 1.54) is 0 Å². The molecule has 1 aliphatic rings. The first-order chi connectivity index (χ1) is 9.06. The maximum absolute atomic E-state index is 11.8. The zero-order valence-corrected chi connectivity index (χ0v) is 11.7. The molecule has 1 aromatic carbocycles. The van der Waals surface area contributed by atoms with E-state index in [9.17, 15) is 4.79 Å². The van der Waals surface area contributed by atoms with E-state index in [2.05, 4.69) is 16.2 Å². The monoisotopic (exact) mass is 283 g/mol. The third kappa shape index (κ3) is 3.83. The number of amides is 1. The number of hydrogen-bond donors (Lipinski definition) is 3. The van der Waals surface area contributed by atoms with Crippen molar-refractivity contribution in [2.24, 2.45) is 0 Å². The molecule has 1 aromatic rings. The number of ether oxygens (including phenoxy) is 1. The fraction of sp³-hybridized carbons (Fsp3) is 0.462. The van der Waals surface area contributed by atoms with Gasteiger partial charge in [-0.25, -0.2) is 0 Å². The number of benzene rings is 1. The van der Waals surface area contributed by atoms with Crippen molar-refractivity contribution < 1.29 is 9.53 Å². The van der Waals surface area contributed by atoms with E-state index < -0.39 is 0 Å². The molecule has 0 spiro atoms. The molecule has 104 valence electrons. The summed E-state index contributed by atoms with van der Waals surface area (Å²) in [6.07, 6.45) is 0. The van der Waals surface area contributed by atoms with Crippen molar-refractivity contribution in [1.29, 1.82) is 0 Å². The van der Waals surface area contributed by atoms with Gasteiger partial charge in [0.25, 0.3) is 5.91 Å². The average Bonchev–Trinajstić information content (AvgIpc) is 2.70. The van der Waals surface area contributed by atoms with Gasteiger partial charge in [0.15, 0.2) is 6.61 Å². The van der Waals surface area contributed by atoms with Gasteiger partial charge in [-0.15, -0.1) is 0 Å². The van der Waals surface area contributed by atoms with Crippen molar-refractivity contribution in [3.05, 3.63) is 29.3 Å². The Balaban J connectivity index is 1.80. The minimum Gasteiger partial charge on any atom is -0.484 e. The molecule has 3 N–H and O–H groups in total. The standard InChI is InChI=1S/C13H18ClN3O2/c1-8-13(9(2)17-16-8)15-12(18)7-19-11-5-3-10(14)4-6-11/h3-6,8-9,13,16-17H,7H2,1-2H3,(H,15,18). The fourth-order valence-corrected chi connectivity index (χ4v) is 2.16. The van der Waals surface area contributed by atoms with Crippen LogP contribution in [0.2, 0.25) is 5.02 Å². The lowest BCUT2D eigenvalue weighted by Crippen LogP contribution is -2.47. The highest BCUT2D eigenvalue weighted by Crippen LogP contribution is 2.15. The first-order valence-electron chi connectivity index (χ1n) is 6.25. The normalized spacial score (nSPS) is 26.2. The molecule has 0 aliphatic carbocycles. The zero-order chi connectivity index (χ0) is 13.8. The first kappa shape index (κ1) is 14.1. The molecule has 1 heterocycles. The van der Waals surface area contributed by atoms with Crippen molar-refractivity contribution in [3.8, 4) is 5.75 Å². The van der Waals surface area contributed by atoms with Crippen molar-refractivity contribution in [2.45, 2.75) is 32.0 Å². The van der Waals surface area contributed by atoms with Gasteiger partial charge < -0.3 is 10.1 Å². The number of carbonyl (C=O) groups is 1. The Bertz CT molecular complexity index is 428. The maximum Gasteiger partial charge on any atom is 0.258 e. The highest BCUT2D eigenvalue weighted by Gasteiger charge is 2.30. The predicted molar refractivity (Wildman–Crippen MR) is 74.1 cm³/mol. The molecule has 5 nitrogen and oxygen atoms in total. The molecule has 0 saturated carbocycles. The van der Waals surface area contributed by atoms with E-state index in [1.807, 2.05) is 13.8 Å². The van der Waals surface area contributed by atoms with Crippen molar-refractivity contribution >= 4 is 17.5 Å². The summed E-state index contributed by atoms with van der Waals surface area (Å²) >= 11 is 5.77. The summed E-state index contributed by atoms with van der Waals surface area (Å²) in [5.41, 5.74) is 6.17. The Kier molecular flexibility index (Phi) is 4.63. The van der Waals surface area contributed by atoms with Crippen LogP contribution in [-0.4, -0.2) is 30.6 Å². The Hall–Kier alpha value is -1.30. The van der Waals surface area contributed by atoms with Crippen LogP contribution in [0.1, 0.15) is 13.8 Å². The van der Waals surface area contributed by atoms with Gasteiger partial charge in [-0.1, -0.05) is 11.6 Å². The Labute approximate surface area is 117 Å². The number of hydrogen-bond acceptors (Lipinski definition) is 4. The molecule has 1 saturated heterocycles. The number of hydrazine groups is 1. The topological polar surface area (TPSA) is 62.4 Å².